The number of hydrogen-bond donors (Lipinski definition) is 0. The predicted molar refractivity (Wildman–Crippen MR) is 177 cm³/mol. The van der Waals surface area contributed by atoms with E-state index in [1.54, 1.807) is 18.2 Å². The van der Waals surface area contributed by atoms with Crippen molar-refractivity contribution < 1.29 is 28.2 Å². The molecule has 7 nitrogen and oxygen atoms in total. The zero-order valence-corrected chi connectivity index (χ0v) is 27.6. The summed E-state index contributed by atoms with van der Waals surface area (Å²) in [5, 5.41) is 0.805. The molecule has 1 unspecified atom stereocenters. The minimum absolute atomic E-state index is 0.0235. The van der Waals surface area contributed by atoms with Crippen molar-refractivity contribution in [3.05, 3.63) is 40.8 Å². The maximum atomic E-state index is 12.6. The lowest BCUT2D eigenvalue weighted by Gasteiger charge is -2.18. The average molecular weight is 615 g/mol. The molecule has 0 aliphatic rings. The molecule has 1 aromatic carbocycles. The van der Waals surface area contributed by atoms with Crippen molar-refractivity contribution in [2.75, 3.05) is 13.2 Å². The van der Waals surface area contributed by atoms with E-state index >= 15 is 0 Å². The molecule has 0 radical (unpaired) electrons. The molecule has 248 valence electrons. The topological polar surface area (TPSA) is 92.0 Å². The van der Waals surface area contributed by atoms with Crippen LogP contribution < -0.4 is 10.4 Å². The van der Waals surface area contributed by atoms with Crippen LogP contribution in [0.4, 0.5) is 0 Å². The van der Waals surface area contributed by atoms with E-state index in [2.05, 4.69) is 13.8 Å². The van der Waals surface area contributed by atoms with Crippen LogP contribution in [0.3, 0.4) is 0 Å². The third kappa shape index (κ3) is 18.1. The van der Waals surface area contributed by atoms with Gasteiger partial charge in [0.1, 0.15) is 24.0 Å². The van der Waals surface area contributed by atoms with Crippen LogP contribution in [0.25, 0.3) is 11.0 Å². The molecule has 1 atom stereocenters. The van der Waals surface area contributed by atoms with Gasteiger partial charge < -0.3 is 18.6 Å². The van der Waals surface area contributed by atoms with Crippen molar-refractivity contribution in [3.8, 4) is 5.75 Å². The lowest BCUT2D eigenvalue weighted by molar-refractivity contribution is -0.160. The number of benzene rings is 1. The van der Waals surface area contributed by atoms with E-state index in [9.17, 15) is 14.4 Å². The van der Waals surface area contributed by atoms with Crippen LogP contribution in [0.2, 0.25) is 0 Å². The number of hydrogen-bond acceptors (Lipinski definition) is 7. The Morgan fingerprint density at radius 3 is 1.80 bits per heavy atom. The summed E-state index contributed by atoms with van der Waals surface area (Å²) in [6.07, 6.45) is 21.9. The summed E-state index contributed by atoms with van der Waals surface area (Å²) in [7, 11) is 0. The van der Waals surface area contributed by atoms with E-state index in [0.717, 1.165) is 43.9 Å². The number of esters is 2. The van der Waals surface area contributed by atoms with Gasteiger partial charge in [-0.15, -0.1) is 0 Å². The number of unbranched alkanes of at least 4 members (excludes halogenated alkanes) is 16. The Balaban J connectivity index is 1.73. The van der Waals surface area contributed by atoms with Crippen LogP contribution in [0, 0.1) is 0 Å². The third-order valence-electron chi connectivity index (χ3n) is 8.00. The first kappa shape index (κ1) is 37.4. The molecular formula is C37H58O7. The fourth-order valence-electron chi connectivity index (χ4n) is 5.28. The second-order valence-electron chi connectivity index (χ2n) is 12.0. The molecule has 2 aromatic rings. The van der Waals surface area contributed by atoms with Crippen LogP contribution in [0.1, 0.15) is 149 Å². The van der Waals surface area contributed by atoms with Crippen LogP contribution in [0.5, 0.6) is 5.75 Å². The van der Waals surface area contributed by atoms with Gasteiger partial charge in [0.15, 0.2) is 0 Å². The van der Waals surface area contributed by atoms with Gasteiger partial charge in [0.2, 0.25) is 0 Å². The summed E-state index contributed by atoms with van der Waals surface area (Å²) in [5.41, 5.74) is 0.0298. The largest absolute Gasteiger partial charge is 0.493 e. The molecule has 0 spiro atoms. The normalized spacial score (nSPS) is 11.9. The van der Waals surface area contributed by atoms with Crippen LogP contribution in [-0.4, -0.2) is 31.3 Å². The minimum Gasteiger partial charge on any atom is -0.493 e. The zero-order chi connectivity index (χ0) is 31.7. The van der Waals surface area contributed by atoms with E-state index in [0.29, 0.717) is 30.6 Å². The smallest absolute Gasteiger partial charge is 0.336 e. The minimum atomic E-state index is -0.577. The highest BCUT2D eigenvalue weighted by Gasteiger charge is 2.18. The SMILES string of the molecule is CCCCCCCCCCCC(=O)OCC(CCOc1ccc2ccc(=O)oc2c1)OC(=O)CCCCCCCCCCC. The molecule has 0 aliphatic heterocycles. The van der Waals surface area contributed by atoms with Crippen molar-refractivity contribution in [1.82, 2.24) is 0 Å². The Morgan fingerprint density at radius 1 is 0.682 bits per heavy atom. The fraction of sp³-hybridized carbons (Fsp3) is 0.703. The van der Waals surface area contributed by atoms with Crippen molar-refractivity contribution >= 4 is 22.9 Å². The lowest BCUT2D eigenvalue weighted by Crippen LogP contribution is -2.27. The zero-order valence-electron chi connectivity index (χ0n) is 27.6. The van der Waals surface area contributed by atoms with Crippen molar-refractivity contribution in [3.63, 3.8) is 0 Å². The number of fused-ring (bicyclic) bond motifs is 1. The van der Waals surface area contributed by atoms with Crippen LogP contribution >= 0.6 is 0 Å². The number of carbonyl (C=O) groups excluding carboxylic acids is 2. The van der Waals surface area contributed by atoms with Gasteiger partial charge in [-0.05, 0) is 31.0 Å². The van der Waals surface area contributed by atoms with Gasteiger partial charge in [0, 0.05) is 36.8 Å². The van der Waals surface area contributed by atoms with Gasteiger partial charge in [-0.25, -0.2) is 4.79 Å². The maximum absolute atomic E-state index is 12.6. The average Bonchev–Trinajstić information content (AvgIpc) is 3.01. The standard InChI is InChI=1S/C37H58O7/c1-3-5-7-9-11-13-15-17-19-21-35(38)42-30-33(43-36(39)22-20-18-16-14-12-10-8-6-4-2)27-28-41-32-25-23-31-24-26-37(40)44-34(31)29-32/h23-26,29,33H,3-22,27-28,30H2,1-2H3. The maximum Gasteiger partial charge on any atom is 0.336 e. The molecule has 0 fully saturated rings. The third-order valence-corrected chi connectivity index (χ3v) is 8.00. The van der Waals surface area contributed by atoms with E-state index in [1.807, 2.05) is 6.07 Å². The molecule has 0 aliphatic carbocycles. The second-order valence-corrected chi connectivity index (χ2v) is 12.0. The molecule has 0 N–H and O–H groups in total. The molecular weight excluding hydrogens is 556 g/mol. The van der Waals surface area contributed by atoms with Crippen molar-refractivity contribution in [2.24, 2.45) is 0 Å². The summed E-state index contributed by atoms with van der Waals surface area (Å²) in [6.45, 7) is 4.74. The molecule has 0 saturated carbocycles. The number of carbonyl (C=O) groups is 2. The van der Waals surface area contributed by atoms with Gasteiger partial charge in [0.25, 0.3) is 0 Å². The monoisotopic (exact) mass is 614 g/mol. The molecule has 1 heterocycles. The van der Waals surface area contributed by atoms with Gasteiger partial charge in [-0.3, -0.25) is 9.59 Å². The van der Waals surface area contributed by atoms with Gasteiger partial charge in [-0.1, -0.05) is 117 Å². The Labute approximate surface area is 265 Å². The highest BCUT2D eigenvalue weighted by Crippen LogP contribution is 2.20. The first-order valence-electron chi connectivity index (χ1n) is 17.5. The number of rotatable bonds is 27. The molecule has 1 aromatic heterocycles. The quantitative estimate of drug-likeness (QED) is 0.0562. The van der Waals surface area contributed by atoms with E-state index in [4.69, 9.17) is 18.6 Å². The summed E-state index contributed by atoms with van der Waals surface area (Å²) in [6, 6.07) is 8.39. The van der Waals surface area contributed by atoms with Gasteiger partial charge in [-0.2, -0.15) is 0 Å². The summed E-state index contributed by atoms with van der Waals surface area (Å²) in [4.78, 5) is 36.6. The molecule has 0 bridgehead atoms. The van der Waals surface area contributed by atoms with Gasteiger partial charge >= 0.3 is 17.6 Å². The van der Waals surface area contributed by atoms with Crippen LogP contribution in [0.15, 0.2) is 39.5 Å². The summed E-state index contributed by atoms with van der Waals surface area (Å²) >= 11 is 0. The van der Waals surface area contributed by atoms with Crippen LogP contribution in [-0.2, 0) is 19.1 Å². The first-order chi connectivity index (χ1) is 21.5. The van der Waals surface area contributed by atoms with E-state index < -0.39 is 11.7 Å². The molecule has 44 heavy (non-hydrogen) atoms. The Kier molecular flexibility index (Phi) is 20.8. The highest BCUT2D eigenvalue weighted by molar-refractivity contribution is 5.77. The second kappa shape index (κ2) is 24.5. The molecule has 0 saturated heterocycles. The van der Waals surface area contributed by atoms with Crippen molar-refractivity contribution in [2.45, 2.75) is 155 Å². The van der Waals surface area contributed by atoms with Gasteiger partial charge in [0.05, 0.1) is 6.61 Å². The molecule has 2 rings (SSSR count). The lowest BCUT2D eigenvalue weighted by atomic mass is 10.1. The Morgan fingerprint density at radius 2 is 1.20 bits per heavy atom. The summed E-state index contributed by atoms with van der Waals surface area (Å²) in [5.74, 6) is 0.0350. The summed E-state index contributed by atoms with van der Waals surface area (Å²) < 4.78 is 22.4. The Bertz CT molecular complexity index is 1090. The number of ether oxygens (including phenoxy) is 3. The predicted octanol–water partition coefficient (Wildman–Crippen LogP) is 9.86. The molecule has 0 amide bonds. The molecule has 7 heteroatoms. The first-order valence-corrected chi connectivity index (χ1v) is 17.5. The fourth-order valence-corrected chi connectivity index (χ4v) is 5.28. The Hall–Kier alpha value is -2.83. The van der Waals surface area contributed by atoms with Crippen molar-refractivity contribution in [1.29, 1.82) is 0 Å². The highest BCUT2D eigenvalue weighted by atomic mass is 16.6. The van der Waals surface area contributed by atoms with E-state index in [-0.39, 0.29) is 25.2 Å². The van der Waals surface area contributed by atoms with E-state index in [1.165, 1.54) is 83.1 Å².